The van der Waals surface area contributed by atoms with Gasteiger partial charge in [0.2, 0.25) is 0 Å². The lowest BCUT2D eigenvalue weighted by atomic mass is 9.81. The van der Waals surface area contributed by atoms with Crippen LogP contribution in [0.25, 0.3) is 21.8 Å². The van der Waals surface area contributed by atoms with Crippen molar-refractivity contribution in [1.29, 1.82) is 0 Å². The Hall–Kier alpha value is -5.84. The maximum Gasteiger partial charge on any atom is 0.319 e. The number of ether oxygens (including phenoxy) is 1. The Morgan fingerprint density at radius 1 is 0.833 bits per heavy atom. The summed E-state index contributed by atoms with van der Waals surface area (Å²) in [5.74, 6) is 0.567. The van der Waals surface area contributed by atoms with Crippen molar-refractivity contribution in [1.82, 2.24) is 14.9 Å². The average molecular weight is 639 g/mol. The number of primary amides is 1. The Kier molecular flexibility index (Phi) is 5.20. The standard InChI is InChI=1S/C37H30N6O5/c1-48-19-2-3-22-25(12-19)37-16-18(37)17-43(33(37)15-32(22)44)35(46)29-14-23-20-8-10-41(30(20)6-4-26(23)40-29)34(45)28-13-24-21-9-11-42(36(38)47)31(21)7-5-27(24)39-28/h2-7,12-15,18,39-40H,8-11,16-17H2,1H3,(H2,38,47)/t18-,37-/m1/s1. The second kappa shape index (κ2) is 9.15. The fourth-order valence-electron chi connectivity index (χ4n) is 8.91. The number of likely N-dealkylation sites (tertiary alicyclic amines) is 1. The third-order valence-corrected chi connectivity index (χ3v) is 11.2. The number of nitrogens with two attached hydrogens (primary N) is 1. The molecule has 1 spiro atoms. The van der Waals surface area contributed by atoms with E-state index < -0.39 is 6.03 Å². The summed E-state index contributed by atoms with van der Waals surface area (Å²) in [6, 6.07) is 16.5. The minimum atomic E-state index is -0.483. The number of carbonyl (C=O) groups is 4. The highest BCUT2D eigenvalue weighted by Gasteiger charge is 2.67. The van der Waals surface area contributed by atoms with Crippen LogP contribution in [0.15, 0.2) is 66.4 Å². The van der Waals surface area contributed by atoms with Gasteiger partial charge in [-0.05, 0) is 96.5 Å². The molecular formula is C37H30N6O5. The molecule has 3 aromatic carbocycles. The van der Waals surface area contributed by atoms with Gasteiger partial charge in [-0.15, -0.1) is 0 Å². The molecule has 3 aliphatic heterocycles. The summed E-state index contributed by atoms with van der Waals surface area (Å²) in [5.41, 5.74) is 13.9. The third-order valence-electron chi connectivity index (χ3n) is 11.2. The van der Waals surface area contributed by atoms with E-state index in [1.165, 1.54) is 0 Å². The SMILES string of the molecule is COc1ccc2c(c1)[C@@]13C[C@@H]1CN(C(=O)c1cc4c5c(ccc4[nH]1)N(C(=O)c1cc4c6c(ccc4[nH]1)N(C(N)=O)CC6)CC5)C3=CC2=O. The van der Waals surface area contributed by atoms with E-state index in [2.05, 4.69) is 9.97 Å². The van der Waals surface area contributed by atoms with Gasteiger partial charge in [0.25, 0.3) is 11.8 Å². The first-order valence-corrected chi connectivity index (χ1v) is 16.2. The molecule has 5 aromatic rings. The predicted molar refractivity (Wildman–Crippen MR) is 179 cm³/mol. The second-order valence-electron chi connectivity index (χ2n) is 13.5. The fraction of sp³-hybridized carbons (Fsp3) is 0.243. The summed E-state index contributed by atoms with van der Waals surface area (Å²) in [5, 5.41) is 1.83. The van der Waals surface area contributed by atoms with E-state index in [4.69, 9.17) is 10.5 Å². The van der Waals surface area contributed by atoms with Gasteiger partial charge in [0.05, 0.1) is 7.11 Å². The highest BCUT2D eigenvalue weighted by atomic mass is 16.5. The van der Waals surface area contributed by atoms with E-state index in [-0.39, 0.29) is 28.9 Å². The summed E-state index contributed by atoms with van der Waals surface area (Å²) in [6.07, 6.45) is 3.88. The number of H-pyrrole nitrogens is 2. The molecule has 0 radical (unpaired) electrons. The summed E-state index contributed by atoms with van der Waals surface area (Å²) >= 11 is 0. The Balaban J connectivity index is 0.955. The van der Waals surface area contributed by atoms with Crippen molar-refractivity contribution in [2.24, 2.45) is 11.7 Å². The number of aromatic amines is 2. The van der Waals surface area contributed by atoms with Gasteiger partial charge in [0.1, 0.15) is 17.1 Å². The number of aromatic nitrogens is 2. The van der Waals surface area contributed by atoms with Gasteiger partial charge in [0.15, 0.2) is 5.78 Å². The van der Waals surface area contributed by atoms with Crippen LogP contribution in [0, 0.1) is 5.92 Å². The summed E-state index contributed by atoms with van der Waals surface area (Å²) in [6.45, 7) is 1.59. The number of anilines is 2. The number of methoxy groups -OCH3 is 1. The Bertz CT molecular complexity index is 2380. The first-order valence-electron chi connectivity index (χ1n) is 16.2. The van der Waals surface area contributed by atoms with Crippen molar-refractivity contribution in [3.05, 3.63) is 100 Å². The number of hydrogen-bond donors (Lipinski definition) is 3. The summed E-state index contributed by atoms with van der Waals surface area (Å²) in [7, 11) is 1.62. The predicted octanol–water partition coefficient (Wildman–Crippen LogP) is 4.80. The van der Waals surface area contributed by atoms with Crippen LogP contribution in [-0.2, 0) is 18.3 Å². The van der Waals surface area contributed by atoms with Gasteiger partial charge in [-0.1, -0.05) is 0 Å². The first-order chi connectivity index (χ1) is 23.3. The van der Waals surface area contributed by atoms with E-state index in [9.17, 15) is 19.2 Å². The number of ketones is 1. The van der Waals surface area contributed by atoms with Gasteiger partial charge in [0, 0.05) is 75.6 Å². The number of hydrogen-bond acceptors (Lipinski definition) is 5. The van der Waals surface area contributed by atoms with Crippen molar-refractivity contribution in [2.45, 2.75) is 24.7 Å². The number of carbonyl (C=O) groups excluding carboxylic acids is 4. The van der Waals surface area contributed by atoms with Crippen molar-refractivity contribution in [3.8, 4) is 5.75 Å². The number of piperidine rings is 1. The monoisotopic (exact) mass is 638 g/mol. The number of amides is 4. The smallest absolute Gasteiger partial charge is 0.319 e. The number of nitrogens with one attached hydrogen (secondary N) is 2. The van der Waals surface area contributed by atoms with E-state index >= 15 is 0 Å². The van der Waals surface area contributed by atoms with Gasteiger partial charge in [-0.3, -0.25) is 19.3 Å². The Morgan fingerprint density at radius 2 is 1.46 bits per heavy atom. The zero-order valence-corrected chi connectivity index (χ0v) is 26.1. The lowest BCUT2D eigenvalue weighted by Gasteiger charge is -2.29. The first kappa shape index (κ1) is 27.3. The highest BCUT2D eigenvalue weighted by Crippen LogP contribution is 2.67. The average Bonchev–Trinajstić information content (AvgIpc) is 3.71. The Labute approximate surface area is 273 Å². The van der Waals surface area contributed by atoms with Crippen LogP contribution in [0.1, 0.15) is 54.4 Å². The number of benzene rings is 3. The van der Waals surface area contributed by atoms with E-state index in [1.807, 2.05) is 54.6 Å². The number of nitrogens with zero attached hydrogens (tertiary/aromatic N) is 3. The molecule has 48 heavy (non-hydrogen) atoms. The largest absolute Gasteiger partial charge is 0.497 e. The molecule has 4 N–H and O–H groups in total. The maximum absolute atomic E-state index is 14.1. The minimum Gasteiger partial charge on any atom is -0.497 e. The molecule has 10 rings (SSSR count). The molecule has 2 aromatic heterocycles. The molecule has 1 saturated heterocycles. The molecule has 5 heterocycles. The Morgan fingerprint density at radius 3 is 2.10 bits per heavy atom. The zero-order chi connectivity index (χ0) is 32.6. The van der Waals surface area contributed by atoms with Crippen LogP contribution >= 0.6 is 0 Å². The van der Waals surface area contributed by atoms with Crippen LogP contribution in [0.4, 0.5) is 16.2 Å². The molecule has 2 atom stereocenters. The van der Waals surface area contributed by atoms with Crippen LogP contribution in [-0.4, -0.2) is 65.2 Å². The van der Waals surface area contributed by atoms with Crippen LogP contribution in [0.3, 0.4) is 0 Å². The quantitative estimate of drug-likeness (QED) is 0.260. The van der Waals surface area contributed by atoms with Gasteiger partial charge in [-0.2, -0.15) is 0 Å². The number of urea groups is 1. The van der Waals surface area contributed by atoms with Crippen LogP contribution in [0.5, 0.6) is 5.75 Å². The second-order valence-corrected chi connectivity index (χ2v) is 13.5. The molecule has 5 aliphatic rings. The topological polar surface area (TPSA) is 145 Å². The molecule has 11 nitrogen and oxygen atoms in total. The third kappa shape index (κ3) is 3.42. The van der Waals surface area contributed by atoms with E-state index in [0.29, 0.717) is 55.2 Å². The van der Waals surface area contributed by atoms with E-state index in [0.717, 1.165) is 62.0 Å². The molecule has 0 bridgehead atoms. The molecule has 1 saturated carbocycles. The van der Waals surface area contributed by atoms with Crippen molar-refractivity contribution >= 4 is 56.8 Å². The molecule has 4 amide bonds. The van der Waals surface area contributed by atoms with Gasteiger partial charge >= 0.3 is 6.03 Å². The molecule has 2 fully saturated rings. The molecule has 238 valence electrons. The molecule has 11 heteroatoms. The van der Waals surface area contributed by atoms with Crippen LogP contribution < -0.4 is 20.3 Å². The number of fused-ring (bicyclic) bond motifs is 7. The summed E-state index contributed by atoms with van der Waals surface area (Å²) in [4.78, 5) is 64.8. The van der Waals surface area contributed by atoms with Crippen LogP contribution in [0.2, 0.25) is 0 Å². The van der Waals surface area contributed by atoms with Gasteiger partial charge in [-0.25, -0.2) is 4.79 Å². The lowest BCUT2D eigenvalue weighted by Crippen LogP contribution is -2.33. The van der Waals surface area contributed by atoms with Crippen molar-refractivity contribution < 1.29 is 23.9 Å². The molecular weight excluding hydrogens is 608 g/mol. The van der Waals surface area contributed by atoms with Crippen molar-refractivity contribution in [2.75, 3.05) is 36.5 Å². The highest BCUT2D eigenvalue weighted by molar-refractivity contribution is 6.12. The molecule has 2 aliphatic carbocycles. The summed E-state index contributed by atoms with van der Waals surface area (Å²) < 4.78 is 5.47. The van der Waals surface area contributed by atoms with Gasteiger partial charge < -0.3 is 30.2 Å². The number of allylic oxidation sites excluding steroid dienone is 2. The minimum absolute atomic E-state index is 0.0927. The maximum atomic E-state index is 14.1. The fourth-order valence-corrected chi connectivity index (χ4v) is 8.91. The number of rotatable bonds is 3. The normalized spacial score (nSPS) is 21.6. The van der Waals surface area contributed by atoms with Crippen molar-refractivity contribution in [3.63, 3.8) is 0 Å². The van der Waals surface area contributed by atoms with E-state index in [1.54, 1.807) is 27.9 Å². The lowest BCUT2D eigenvalue weighted by molar-refractivity contribution is 0.0806. The zero-order valence-electron chi connectivity index (χ0n) is 26.1. The molecule has 0 unspecified atom stereocenters.